The second kappa shape index (κ2) is 13.9. The van der Waals surface area contributed by atoms with Gasteiger partial charge in [0, 0.05) is 13.6 Å². The zero-order valence-corrected chi connectivity index (χ0v) is 15.2. The summed E-state index contributed by atoms with van der Waals surface area (Å²) in [5.41, 5.74) is 1.16. The molecule has 0 fully saturated rings. The molecule has 0 unspecified atom stereocenters. The molecule has 0 aliphatic heterocycles. The van der Waals surface area contributed by atoms with E-state index in [-0.39, 0.29) is 19.5 Å². The highest BCUT2D eigenvalue weighted by molar-refractivity contribution is 5.74. The van der Waals surface area contributed by atoms with Crippen LogP contribution in [0.1, 0.15) is 84.2 Å². The molecule has 0 bridgehead atoms. The Morgan fingerprint density at radius 2 is 1.54 bits per heavy atom. The second-order valence-corrected chi connectivity index (χ2v) is 6.40. The first-order valence-electron chi connectivity index (χ1n) is 9.22. The number of carbonyl (C=O) groups excluding carboxylic acids is 1. The fourth-order valence-corrected chi connectivity index (χ4v) is 2.71. The molecule has 1 N–H and O–H groups in total. The quantitative estimate of drug-likeness (QED) is 0.482. The molecular weight excluding hydrogens is 296 g/mol. The fraction of sp³-hybridized carbons (Fsp3) is 0.667. The molecule has 0 spiro atoms. The minimum absolute atomic E-state index is 0. The van der Waals surface area contributed by atoms with Gasteiger partial charge in [-0.2, -0.15) is 0 Å². The summed E-state index contributed by atoms with van der Waals surface area (Å²) in [7, 11) is 1.86. The molecule has 0 heterocycles. The molecule has 3 nitrogen and oxygen atoms in total. The number of unbranched alkanes of at least 4 members (excludes halogenated alkanes) is 7. The van der Waals surface area contributed by atoms with E-state index in [1.165, 1.54) is 44.9 Å². The first-order chi connectivity index (χ1) is 11.2. The number of urea groups is 1. The molecule has 138 valence electrons. The molecule has 1 aromatic carbocycles. The maximum atomic E-state index is 12.2. The van der Waals surface area contributed by atoms with Gasteiger partial charge in [-0.3, -0.25) is 0 Å². The van der Waals surface area contributed by atoms with E-state index in [9.17, 15) is 4.79 Å². The molecule has 1 atom stereocenters. The highest BCUT2D eigenvalue weighted by Gasteiger charge is 2.16. The van der Waals surface area contributed by atoms with Crippen LogP contribution in [0.2, 0.25) is 0 Å². The molecule has 0 radical (unpaired) electrons. The Labute approximate surface area is 149 Å². The van der Waals surface area contributed by atoms with Gasteiger partial charge in [0.15, 0.2) is 0 Å². The standard InChI is InChI=1S/C20H34N2O.CH4/c1-4-5-6-7-8-9-10-14-17-21-20(23)22(3)18(2)19-15-12-11-13-16-19;/h11-13,15-16,18H,4-10,14,17H2,1-3H3,(H,21,23);1H4/t18-;/m1./s1. The third kappa shape index (κ3) is 8.95. The van der Waals surface area contributed by atoms with E-state index in [2.05, 4.69) is 31.3 Å². The molecule has 0 aliphatic carbocycles. The van der Waals surface area contributed by atoms with E-state index < -0.39 is 0 Å². The zero-order valence-electron chi connectivity index (χ0n) is 15.2. The second-order valence-electron chi connectivity index (χ2n) is 6.40. The van der Waals surface area contributed by atoms with Crippen LogP contribution < -0.4 is 5.32 Å². The molecule has 0 saturated carbocycles. The van der Waals surface area contributed by atoms with Gasteiger partial charge in [-0.25, -0.2) is 4.79 Å². The van der Waals surface area contributed by atoms with Gasteiger partial charge in [0.25, 0.3) is 0 Å². The summed E-state index contributed by atoms with van der Waals surface area (Å²) in [5, 5.41) is 3.03. The molecular formula is C21H38N2O. The molecule has 1 rings (SSSR count). The van der Waals surface area contributed by atoms with Crippen molar-refractivity contribution in [2.24, 2.45) is 0 Å². The lowest BCUT2D eigenvalue weighted by Crippen LogP contribution is -2.39. The van der Waals surface area contributed by atoms with Crippen LogP contribution in [-0.2, 0) is 0 Å². The lowest BCUT2D eigenvalue weighted by molar-refractivity contribution is 0.194. The van der Waals surface area contributed by atoms with E-state index in [0.29, 0.717) is 0 Å². The first-order valence-corrected chi connectivity index (χ1v) is 9.22. The predicted molar refractivity (Wildman–Crippen MR) is 105 cm³/mol. The van der Waals surface area contributed by atoms with Crippen LogP contribution in [0.25, 0.3) is 0 Å². The van der Waals surface area contributed by atoms with Crippen molar-refractivity contribution in [2.45, 2.75) is 78.7 Å². The molecule has 2 amide bonds. The number of rotatable bonds is 11. The van der Waals surface area contributed by atoms with Gasteiger partial charge in [0.05, 0.1) is 6.04 Å². The number of benzene rings is 1. The predicted octanol–water partition coefficient (Wildman–Crippen LogP) is 6.17. The summed E-state index contributed by atoms with van der Waals surface area (Å²) in [6, 6.07) is 10.3. The van der Waals surface area contributed by atoms with Crippen molar-refractivity contribution in [1.82, 2.24) is 10.2 Å². The van der Waals surface area contributed by atoms with Gasteiger partial charge in [-0.15, -0.1) is 0 Å². The summed E-state index contributed by atoms with van der Waals surface area (Å²) < 4.78 is 0. The number of hydrogen-bond donors (Lipinski definition) is 1. The van der Waals surface area contributed by atoms with Gasteiger partial charge in [-0.1, -0.05) is 89.6 Å². The summed E-state index contributed by atoms with van der Waals surface area (Å²) >= 11 is 0. The Morgan fingerprint density at radius 3 is 2.12 bits per heavy atom. The first kappa shape index (κ1) is 22.5. The molecule has 1 aromatic rings. The van der Waals surface area contributed by atoms with E-state index >= 15 is 0 Å². The van der Waals surface area contributed by atoms with E-state index in [1.807, 2.05) is 25.2 Å². The van der Waals surface area contributed by atoms with Crippen LogP contribution in [0, 0.1) is 0 Å². The third-order valence-electron chi connectivity index (χ3n) is 4.49. The van der Waals surface area contributed by atoms with Crippen LogP contribution in [0.3, 0.4) is 0 Å². The number of amides is 2. The van der Waals surface area contributed by atoms with Gasteiger partial charge in [0.1, 0.15) is 0 Å². The lowest BCUT2D eigenvalue weighted by Gasteiger charge is -2.25. The maximum Gasteiger partial charge on any atom is 0.317 e. The fourth-order valence-electron chi connectivity index (χ4n) is 2.71. The van der Waals surface area contributed by atoms with E-state index in [1.54, 1.807) is 4.90 Å². The summed E-state index contributed by atoms with van der Waals surface area (Å²) in [5.74, 6) is 0. The highest BCUT2D eigenvalue weighted by Crippen LogP contribution is 2.17. The van der Waals surface area contributed by atoms with Crippen molar-refractivity contribution >= 4 is 6.03 Å². The Morgan fingerprint density at radius 1 is 1.00 bits per heavy atom. The monoisotopic (exact) mass is 334 g/mol. The van der Waals surface area contributed by atoms with Crippen molar-refractivity contribution in [2.75, 3.05) is 13.6 Å². The zero-order chi connectivity index (χ0) is 16.9. The number of carbonyl (C=O) groups is 1. The summed E-state index contributed by atoms with van der Waals surface area (Å²) in [4.78, 5) is 14.0. The Hall–Kier alpha value is -1.51. The van der Waals surface area contributed by atoms with Gasteiger partial charge < -0.3 is 10.2 Å². The van der Waals surface area contributed by atoms with Crippen LogP contribution in [0.4, 0.5) is 4.79 Å². The minimum atomic E-state index is 0. The van der Waals surface area contributed by atoms with E-state index in [0.717, 1.165) is 18.5 Å². The van der Waals surface area contributed by atoms with Crippen molar-refractivity contribution in [3.05, 3.63) is 35.9 Å². The van der Waals surface area contributed by atoms with Crippen molar-refractivity contribution in [1.29, 1.82) is 0 Å². The highest BCUT2D eigenvalue weighted by atomic mass is 16.2. The number of hydrogen-bond acceptors (Lipinski definition) is 1. The van der Waals surface area contributed by atoms with Crippen molar-refractivity contribution in [3.63, 3.8) is 0 Å². The molecule has 24 heavy (non-hydrogen) atoms. The molecule has 3 heteroatoms. The van der Waals surface area contributed by atoms with Crippen LogP contribution in [-0.4, -0.2) is 24.5 Å². The van der Waals surface area contributed by atoms with Gasteiger partial charge >= 0.3 is 6.03 Å². The smallest absolute Gasteiger partial charge is 0.317 e. The molecule has 0 aliphatic rings. The Balaban J connectivity index is 0.00000529. The van der Waals surface area contributed by atoms with E-state index in [4.69, 9.17) is 0 Å². The van der Waals surface area contributed by atoms with Crippen LogP contribution in [0.5, 0.6) is 0 Å². The van der Waals surface area contributed by atoms with Crippen LogP contribution >= 0.6 is 0 Å². The summed E-state index contributed by atoms with van der Waals surface area (Å²) in [6.45, 7) is 5.09. The van der Waals surface area contributed by atoms with Crippen molar-refractivity contribution in [3.8, 4) is 0 Å². The normalized spacial score (nSPS) is 11.5. The molecule has 0 aromatic heterocycles. The SMILES string of the molecule is C.CCCCCCCCCCNC(=O)N(C)[C@H](C)c1ccccc1. The van der Waals surface area contributed by atoms with Crippen LogP contribution in [0.15, 0.2) is 30.3 Å². The number of nitrogens with one attached hydrogen (secondary N) is 1. The topological polar surface area (TPSA) is 32.3 Å². The third-order valence-corrected chi connectivity index (χ3v) is 4.49. The van der Waals surface area contributed by atoms with Crippen molar-refractivity contribution < 1.29 is 4.79 Å². The average molecular weight is 335 g/mol. The largest absolute Gasteiger partial charge is 0.338 e. The van der Waals surface area contributed by atoms with Gasteiger partial charge in [0.2, 0.25) is 0 Å². The van der Waals surface area contributed by atoms with Gasteiger partial charge in [-0.05, 0) is 18.9 Å². The average Bonchev–Trinajstić information content (AvgIpc) is 2.59. The minimum Gasteiger partial charge on any atom is -0.338 e. The Bertz CT molecular complexity index is 419. The molecule has 0 saturated heterocycles. The maximum absolute atomic E-state index is 12.2. The number of nitrogens with zero attached hydrogens (tertiary/aromatic N) is 1. The lowest BCUT2D eigenvalue weighted by atomic mass is 10.1. The Kier molecular flexibility index (Phi) is 13.0. The summed E-state index contributed by atoms with van der Waals surface area (Å²) in [6.07, 6.45) is 10.3.